The molecule has 0 fully saturated rings. The number of aryl methyl sites for hydroxylation is 1. The van der Waals surface area contributed by atoms with Gasteiger partial charge in [-0.2, -0.15) is 4.98 Å². The molecular formula is C10H9IN4O2S. The van der Waals surface area contributed by atoms with Gasteiger partial charge in [-0.25, -0.2) is 0 Å². The van der Waals surface area contributed by atoms with Gasteiger partial charge in [-0.05, 0) is 52.6 Å². The van der Waals surface area contributed by atoms with Gasteiger partial charge in [0.25, 0.3) is 0 Å². The summed E-state index contributed by atoms with van der Waals surface area (Å²) < 4.78 is 2.42. The molecule has 0 unspecified atom stereocenters. The molecule has 6 nitrogen and oxygen atoms in total. The van der Waals surface area contributed by atoms with Gasteiger partial charge in [0.05, 0.1) is 0 Å². The first-order valence-electron chi connectivity index (χ1n) is 4.87. The first-order valence-corrected chi connectivity index (χ1v) is 6.77. The number of nitrogens with zero attached hydrogens (tertiary/aromatic N) is 2. The van der Waals surface area contributed by atoms with Crippen LogP contribution in [0.15, 0.2) is 37.8 Å². The van der Waals surface area contributed by atoms with Crippen LogP contribution in [0, 0.1) is 3.57 Å². The van der Waals surface area contributed by atoms with E-state index in [0.717, 1.165) is 8.47 Å². The molecule has 18 heavy (non-hydrogen) atoms. The Morgan fingerprint density at radius 3 is 2.83 bits per heavy atom. The Hall–Kier alpha value is -1.29. The summed E-state index contributed by atoms with van der Waals surface area (Å²) in [5.41, 5.74) is 4.93. The van der Waals surface area contributed by atoms with Crippen molar-refractivity contribution in [3.05, 3.63) is 42.5 Å². The number of hydrogen-bond acceptors (Lipinski definition) is 5. The van der Waals surface area contributed by atoms with E-state index in [1.807, 2.05) is 18.2 Å². The standard InChI is InChI=1S/C10H9IN4O2S/c1-15-10(13-8(16)9(17)14-15)18-7-3-2-5(11)4-6(7)12/h2-4H,12H2,1H3,(H,14,17). The molecule has 1 heterocycles. The van der Waals surface area contributed by atoms with Gasteiger partial charge in [0.1, 0.15) is 0 Å². The maximum absolute atomic E-state index is 11.2. The van der Waals surface area contributed by atoms with Gasteiger partial charge < -0.3 is 5.73 Å². The van der Waals surface area contributed by atoms with E-state index in [2.05, 4.69) is 32.7 Å². The molecule has 2 rings (SSSR count). The van der Waals surface area contributed by atoms with Crippen molar-refractivity contribution in [2.75, 3.05) is 5.73 Å². The lowest BCUT2D eigenvalue weighted by atomic mass is 10.3. The second kappa shape index (κ2) is 5.14. The maximum atomic E-state index is 11.2. The maximum Gasteiger partial charge on any atom is 0.339 e. The van der Waals surface area contributed by atoms with Crippen LogP contribution >= 0.6 is 34.4 Å². The minimum Gasteiger partial charge on any atom is -0.398 e. The summed E-state index contributed by atoms with van der Waals surface area (Å²) in [6.45, 7) is 0. The molecule has 3 N–H and O–H groups in total. The summed E-state index contributed by atoms with van der Waals surface area (Å²) in [7, 11) is 1.61. The summed E-state index contributed by atoms with van der Waals surface area (Å²) >= 11 is 3.39. The van der Waals surface area contributed by atoms with Crippen LogP contribution in [0.25, 0.3) is 0 Å². The molecule has 94 valence electrons. The first-order chi connectivity index (χ1) is 8.47. The van der Waals surface area contributed by atoms with E-state index in [9.17, 15) is 9.59 Å². The number of rotatable bonds is 2. The number of nitrogen functional groups attached to an aromatic ring is 1. The molecule has 0 saturated heterocycles. The lowest BCUT2D eigenvalue weighted by Gasteiger charge is -2.07. The average Bonchev–Trinajstić information content (AvgIpc) is 2.29. The van der Waals surface area contributed by atoms with Gasteiger partial charge in [0.15, 0.2) is 5.16 Å². The number of aromatic nitrogens is 3. The number of nitrogens with one attached hydrogen (secondary N) is 1. The number of halogens is 1. The number of nitrogens with two attached hydrogens (primary N) is 1. The van der Waals surface area contributed by atoms with Crippen LogP contribution in [0.5, 0.6) is 0 Å². The van der Waals surface area contributed by atoms with Crippen molar-refractivity contribution in [3.8, 4) is 0 Å². The molecule has 1 aromatic heterocycles. The molecule has 0 amide bonds. The normalized spacial score (nSPS) is 10.6. The summed E-state index contributed by atoms with van der Waals surface area (Å²) in [6, 6.07) is 5.58. The minimum absolute atomic E-state index is 0.382. The molecule has 0 aliphatic carbocycles. The molecule has 0 atom stereocenters. The minimum atomic E-state index is -0.806. The van der Waals surface area contributed by atoms with Gasteiger partial charge in [-0.3, -0.25) is 19.4 Å². The Morgan fingerprint density at radius 2 is 2.17 bits per heavy atom. The third-order valence-corrected chi connectivity index (χ3v) is 3.93. The first kappa shape index (κ1) is 13.1. The average molecular weight is 376 g/mol. The fourth-order valence-electron chi connectivity index (χ4n) is 1.26. The van der Waals surface area contributed by atoms with Gasteiger partial charge in [0, 0.05) is 21.2 Å². The largest absolute Gasteiger partial charge is 0.398 e. The molecule has 2 aromatic rings. The van der Waals surface area contributed by atoms with Gasteiger partial charge in [0.2, 0.25) is 0 Å². The molecule has 0 bridgehead atoms. The second-order valence-electron chi connectivity index (χ2n) is 3.48. The van der Waals surface area contributed by atoms with E-state index in [1.165, 1.54) is 16.4 Å². The van der Waals surface area contributed by atoms with Crippen LogP contribution in [-0.2, 0) is 7.05 Å². The highest BCUT2D eigenvalue weighted by atomic mass is 127. The Labute approximate surface area is 120 Å². The summed E-state index contributed by atoms with van der Waals surface area (Å²) in [6.07, 6.45) is 0. The highest BCUT2D eigenvalue weighted by molar-refractivity contribution is 14.1. The zero-order valence-electron chi connectivity index (χ0n) is 9.31. The number of aromatic amines is 1. The Kier molecular flexibility index (Phi) is 3.76. The van der Waals surface area contributed by atoms with Crippen molar-refractivity contribution < 1.29 is 0 Å². The Balaban J connectivity index is 2.43. The molecule has 0 radical (unpaired) electrons. The predicted molar refractivity (Wildman–Crippen MR) is 77.8 cm³/mol. The van der Waals surface area contributed by atoms with Gasteiger partial charge in [-0.1, -0.05) is 0 Å². The van der Waals surface area contributed by atoms with Gasteiger partial charge in [-0.15, -0.1) is 0 Å². The Bertz CT molecular complexity index is 710. The van der Waals surface area contributed by atoms with Crippen LogP contribution in [0.3, 0.4) is 0 Å². The van der Waals surface area contributed by atoms with Crippen LogP contribution in [0.1, 0.15) is 0 Å². The second-order valence-corrected chi connectivity index (χ2v) is 5.74. The van der Waals surface area contributed by atoms with E-state index >= 15 is 0 Å². The molecular weight excluding hydrogens is 367 g/mol. The van der Waals surface area contributed by atoms with E-state index in [0.29, 0.717) is 10.8 Å². The van der Waals surface area contributed by atoms with Crippen molar-refractivity contribution in [2.24, 2.45) is 7.05 Å². The number of hydrogen-bond donors (Lipinski definition) is 2. The molecule has 0 aliphatic heterocycles. The topological polar surface area (TPSA) is 93.8 Å². The Morgan fingerprint density at radius 1 is 1.44 bits per heavy atom. The van der Waals surface area contributed by atoms with Crippen LogP contribution in [0.2, 0.25) is 0 Å². The zero-order valence-corrected chi connectivity index (χ0v) is 12.3. The van der Waals surface area contributed by atoms with Crippen LogP contribution in [-0.4, -0.2) is 14.8 Å². The lowest BCUT2D eigenvalue weighted by Crippen LogP contribution is -2.33. The van der Waals surface area contributed by atoms with E-state index in [1.54, 1.807) is 7.05 Å². The fourth-order valence-corrected chi connectivity index (χ4v) is 2.60. The molecule has 0 saturated carbocycles. The van der Waals surface area contributed by atoms with E-state index < -0.39 is 11.1 Å². The highest BCUT2D eigenvalue weighted by Gasteiger charge is 2.08. The third-order valence-electron chi connectivity index (χ3n) is 2.12. The molecule has 1 aromatic carbocycles. The summed E-state index contributed by atoms with van der Waals surface area (Å²) in [5.74, 6) is 0. The predicted octanol–water partition coefficient (Wildman–Crippen LogP) is 0.807. The van der Waals surface area contributed by atoms with E-state index in [4.69, 9.17) is 5.73 Å². The highest BCUT2D eigenvalue weighted by Crippen LogP contribution is 2.30. The summed E-state index contributed by atoms with van der Waals surface area (Å²) in [5, 5.41) is 2.76. The number of benzene rings is 1. The number of H-pyrrole nitrogens is 1. The van der Waals surface area contributed by atoms with Gasteiger partial charge >= 0.3 is 11.1 Å². The SMILES string of the molecule is Cn1[nH]c(=O)c(=O)nc1Sc1ccc(I)cc1N. The number of anilines is 1. The lowest BCUT2D eigenvalue weighted by molar-refractivity contribution is 0.596. The van der Waals surface area contributed by atoms with Crippen molar-refractivity contribution >= 4 is 40.0 Å². The zero-order chi connectivity index (χ0) is 13.3. The fraction of sp³-hybridized carbons (Fsp3) is 0.100. The van der Waals surface area contributed by atoms with E-state index in [-0.39, 0.29) is 0 Å². The molecule has 8 heteroatoms. The smallest absolute Gasteiger partial charge is 0.339 e. The van der Waals surface area contributed by atoms with Crippen molar-refractivity contribution in [1.29, 1.82) is 0 Å². The monoisotopic (exact) mass is 376 g/mol. The van der Waals surface area contributed by atoms with Crippen LogP contribution < -0.4 is 16.9 Å². The summed E-state index contributed by atoms with van der Waals surface area (Å²) in [4.78, 5) is 26.8. The third kappa shape index (κ3) is 2.75. The molecule has 0 spiro atoms. The quantitative estimate of drug-likeness (QED) is 0.460. The molecule has 0 aliphatic rings. The van der Waals surface area contributed by atoms with Crippen LogP contribution in [0.4, 0.5) is 5.69 Å². The van der Waals surface area contributed by atoms with Crippen molar-refractivity contribution in [1.82, 2.24) is 14.8 Å². The van der Waals surface area contributed by atoms with Crippen molar-refractivity contribution in [3.63, 3.8) is 0 Å². The van der Waals surface area contributed by atoms with Crippen molar-refractivity contribution in [2.45, 2.75) is 10.1 Å².